The molecule has 1 aliphatic heterocycles. The van der Waals surface area contributed by atoms with E-state index in [4.69, 9.17) is 4.74 Å². The standard InChI is InChI=1S/C13H15F2NO4S.Li/c1-7(17)16-4-2-8(3-5-16)20-9-6-10(12(14)15)21-11(9)13(18)19;/h6,8,12H,2-5H2,1H3,(H,18,19);/q;+1/p-1. The number of halogens is 2. The molecule has 22 heavy (non-hydrogen) atoms. The molecule has 0 bridgehead atoms. The first-order valence-corrected chi connectivity index (χ1v) is 7.25. The number of hydrogen-bond donors (Lipinski definition) is 0. The summed E-state index contributed by atoms with van der Waals surface area (Å²) in [6.07, 6.45) is -1.97. The Morgan fingerprint density at radius 2 is 2.00 bits per heavy atom. The Morgan fingerprint density at radius 1 is 1.41 bits per heavy atom. The quantitative estimate of drug-likeness (QED) is 0.628. The van der Waals surface area contributed by atoms with Gasteiger partial charge in [-0.05, 0) is 0 Å². The first-order valence-electron chi connectivity index (χ1n) is 6.44. The van der Waals surface area contributed by atoms with Crippen molar-refractivity contribution in [2.24, 2.45) is 0 Å². The molecule has 0 aliphatic carbocycles. The zero-order chi connectivity index (χ0) is 15.6. The molecule has 0 N–H and O–H groups in total. The summed E-state index contributed by atoms with van der Waals surface area (Å²) in [5.41, 5.74) is 0. The van der Waals surface area contributed by atoms with Crippen LogP contribution in [0.4, 0.5) is 8.78 Å². The fourth-order valence-corrected chi connectivity index (χ4v) is 2.98. The fraction of sp³-hybridized carbons (Fsp3) is 0.538. The number of carboxylic acids is 1. The van der Waals surface area contributed by atoms with E-state index in [0.29, 0.717) is 37.3 Å². The molecule has 1 fully saturated rings. The van der Waals surface area contributed by atoms with Crippen LogP contribution >= 0.6 is 11.3 Å². The fourth-order valence-electron chi connectivity index (χ4n) is 2.20. The van der Waals surface area contributed by atoms with Gasteiger partial charge in [-0.1, -0.05) is 0 Å². The van der Waals surface area contributed by atoms with Crippen LogP contribution in [0.2, 0.25) is 0 Å². The predicted octanol–water partition coefficient (Wildman–Crippen LogP) is -1.56. The number of hydrogen-bond acceptors (Lipinski definition) is 5. The summed E-state index contributed by atoms with van der Waals surface area (Å²) < 4.78 is 30.8. The summed E-state index contributed by atoms with van der Waals surface area (Å²) in [6.45, 7) is 2.49. The van der Waals surface area contributed by atoms with Gasteiger partial charge in [0.25, 0.3) is 6.43 Å². The van der Waals surface area contributed by atoms with Gasteiger partial charge >= 0.3 is 18.9 Å². The second-order valence-corrected chi connectivity index (χ2v) is 5.84. The molecule has 0 spiro atoms. The van der Waals surface area contributed by atoms with Gasteiger partial charge in [0.2, 0.25) is 5.91 Å². The minimum atomic E-state index is -2.75. The Hall–Kier alpha value is -1.10. The average molecular weight is 325 g/mol. The van der Waals surface area contributed by atoms with E-state index in [-0.39, 0.29) is 46.4 Å². The Morgan fingerprint density at radius 3 is 2.45 bits per heavy atom. The van der Waals surface area contributed by atoms with Crippen LogP contribution in [0.15, 0.2) is 6.07 Å². The molecule has 2 heterocycles. The maximum atomic E-state index is 12.6. The third-order valence-corrected chi connectivity index (χ3v) is 4.40. The maximum absolute atomic E-state index is 12.6. The van der Waals surface area contributed by atoms with E-state index in [1.54, 1.807) is 4.90 Å². The first kappa shape index (κ1) is 18.9. The molecule has 9 heteroatoms. The number of alkyl halides is 2. The van der Waals surface area contributed by atoms with Gasteiger partial charge in [-0.3, -0.25) is 4.79 Å². The summed E-state index contributed by atoms with van der Waals surface area (Å²) in [7, 11) is 0. The number of likely N-dealkylation sites (tertiary alicyclic amines) is 1. The molecular weight excluding hydrogens is 311 g/mol. The molecule has 0 radical (unpaired) electrons. The van der Waals surface area contributed by atoms with Crippen molar-refractivity contribution < 1.29 is 47.1 Å². The summed E-state index contributed by atoms with van der Waals surface area (Å²) in [5.74, 6) is -1.63. The second-order valence-electron chi connectivity index (χ2n) is 4.75. The van der Waals surface area contributed by atoms with Crippen LogP contribution < -0.4 is 28.7 Å². The molecule has 0 aromatic carbocycles. The van der Waals surface area contributed by atoms with Crippen molar-refractivity contribution in [3.05, 3.63) is 15.8 Å². The molecule has 0 saturated carbocycles. The Bertz CT molecular complexity index is 544. The largest absolute Gasteiger partial charge is 1.00 e. The number of carbonyl (C=O) groups is 2. The topological polar surface area (TPSA) is 69.7 Å². The van der Waals surface area contributed by atoms with E-state index in [2.05, 4.69) is 0 Å². The van der Waals surface area contributed by atoms with E-state index in [9.17, 15) is 23.5 Å². The van der Waals surface area contributed by atoms with Gasteiger partial charge in [-0.2, -0.15) is 0 Å². The van der Waals surface area contributed by atoms with Gasteiger partial charge in [0.05, 0.1) is 15.7 Å². The summed E-state index contributed by atoms with van der Waals surface area (Å²) in [4.78, 5) is 23.2. The molecule has 0 atom stereocenters. The molecule has 5 nitrogen and oxygen atoms in total. The van der Waals surface area contributed by atoms with E-state index < -0.39 is 12.4 Å². The number of thiophene rings is 1. The molecule has 0 unspecified atom stereocenters. The van der Waals surface area contributed by atoms with Crippen molar-refractivity contribution in [3.63, 3.8) is 0 Å². The normalized spacial score (nSPS) is 15.5. The van der Waals surface area contributed by atoms with Gasteiger partial charge in [-0.15, -0.1) is 11.3 Å². The van der Waals surface area contributed by atoms with Crippen molar-refractivity contribution in [3.8, 4) is 5.75 Å². The van der Waals surface area contributed by atoms with Crippen LogP contribution in [0, 0.1) is 0 Å². The molecule has 116 valence electrons. The summed E-state index contributed by atoms with van der Waals surface area (Å²) in [5, 5.41) is 11.0. The van der Waals surface area contributed by atoms with Crippen LogP contribution in [-0.4, -0.2) is 36.0 Å². The Kier molecular flexibility index (Phi) is 6.85. The van der Waals surface area contributed by atoms with Crippen molar-refractivity contribution in [2.45, 2.75) is 32.3 Å². The van der Waals surface area contributed by atoms with Crippen LogP contribution in [0.5, 0.6) is 5.75 Å². The van der Waals surface area contributed by atoms with Gasteiger partial charge in [0.1, 0.15) is 11.9 Å². The third-order valence-electron chi connectivity index (χ3n) is 3.30. The van der Waals surface area contributed by atoms with Gasteiger partial charge < -0.3 is 19.5 Å². The minimum absolute atomic E-state index is 0. The Labute approximate surface area is 142 Å². The van der Waals surface area contributed by atoms with Crippen LogP contribution in [0.3, 0.4) is 0 Å². The number of carboxylic acid groups (broad SMARTS) is 1. The number of piperidine rings is 1. The van der Waals surface area contributed by atoms with E-state index >= 15 is 0 Å². The van der Waals surface area contributed by atoms with Gasteiger partial charge in [0, 0.05) is 38.9 Å². The second kappa shape index (κ2) is 7.95. The molecule has 1 amide bonds. The minimum Gasteiger partial charge on any atom is -0.544 e. The van der Waals surface area contributed by atoms with Crippen LogP contribution in [0.1, 0.15) is 40.7 Å². The van der Waals surface area contributed by atoms with E-state index in [0.717, 1.165) is 6.07 Å². The zero-order valence-electron chi connectivity index (χ0n) is 12.3. The first-order chi connectivity index (χ1) is 9.88. The van der Waals surface area contributed by atoms with E-state index in [1.807, 2.05) is 0 Å². The van der Waals surface area contributed by atoms with Crippen molar-refractivity contribution >= 4 is 23.2 Å². The molecule has 2 rings (SSSR count). The number of carbonyl (C=O) groups excluding carboxylic acids is 2. The SMILES string of the molecule is CC(=O)N1CCC(Oc2cc(C(F)F)sc2C(=O)[O-])CC1.[Li+]. The van der Waals surface area contributed by atoms with Crippen molar-refractivity contribution in [1.82, 2.24) is 4.90 Å². The molecular formula is C13H14F2LiNO4S. The maximum Gasteiger partial charge on any atom is 1.00 e. The van der Waals surface area contributed by atoms with Crippen molar-refractivity contribution in [1.29, 1.82) is 0 Å². The molecule has 1 saturated heterocycles. The molecule has 1 aliphatic rings. The third kappa shape index (κ3) is 4.45. The van der Waals surface area contributed by atoms with Crippen LogP contribution in [-0.2, 0) is 4.79 Å². The van der Waals surface area contributed by atoms with Crippen LogP contribution in [0.25, 0.3) is 0 Å². The number of aromatic carboxylic acids is 1. The zero-order valence-corrected chi connectivity index (χ0v) is 13.1. The molecule has 1 aromatic heterocycles. The van der Waals surface area contributed by atoms with Crippen molar-refractivity contribution in [2.75, 3.05) is 13.1 Å². The van der Waals surface area contributed by atoms with Gasteiger partial charge in [0.15, 0.2) is 0 Å². The summed E-state index contributed by atoms with van der Waals surface area (Å²) >= 11 is 0.468. The average Bonchev–Trinajstić information content (AvgIpc) is 2.83. The summed E-state index contributed by atoms with van der Waals surface area (Å²) in [6, 6.07) is 1.05. The predicted molar refractivity (Wildman–Crippen MR) is 69.5 cm³/mol. The number of amides is 1. The monoisotopic (exact) mass is 325 g/mol. The molecule has 1 aromatic rings. The van der Waals surface area contributed by atoms with E-state index in [1.165, 1.54) is 6.92 Å². The number of rotatable bonds is 4. The Balaban J connectivity index is 0.00000242. The number of nitrogens with zero attached hydrogens (tertiary/aromatic N) is 1. The van der Waals surface area contributed by atoms with Gasteiger partial charge in [-0.25, -0.2) is 8.78 Å². The smallest absolute Gasteiger partial charge is 0.544 e. The number of ether oxygens (including phenoxy) is 1.